The smallest absolute Gasteiger partial charge is 0.169 e. The Bertz CT molecular complexity index is 1010. The number of aromatic nitrogens is 1. The fourth-order valence-electron chi connectivity index (χ4n) is 7.49. The highest BCUT2D eigenvalue weighted by molar-refractivity contribution is 6.82. The fraction of sp³-hybridized carbons (Fsp3) is 0.710. The van der Waals surface area contributed by atoms with Crippen LogP contribution in [0.2, 0.25) is 16.6 Å². The number of carbonyl (C=O) groups excluding carboxylic acids is 1. The predicted molar refractivity (Wildman–Crippen MR) is 156 cm³/mol. The molecule has 0 saturated heterocycles. The van der Waals surface area contributed by atoms with E-state index >= 15 is 0 Å². The maximum Gasteiger partial charge on any atom is 0.169 e. The molecule has 1 atom stereocenters. The highest BCUT2D eigenvalue weighted by Gasteiger charge is 2.47. The second-order valence-corrected chi connectivity index (χ2v) is 18.8. The Morgan fingerprint density at radius 3 is 1.97 bits per heavy atom. The van der Waals surface area contributed by atoms with Crippen LogP contribution in [0.15, 0.2) is 18.3 Å². The van der Waals surface area contributed by atoms with E-state index in [-0.39, 0.29) is 11.2 Å². The van der Waals surface area contributed by atoms with Crippen LogP contribution in [-0.4, -0.2) is 42.3 Å². The van der Waals surface area contributed by atoms with Gasteiger partial charge < -0.3 is 4.23 Å². The number of nitrogens with zero attached hydrogens (tertiary/aromatic N) is 2. The van der Waals surface area contributed by atoms with E-state index < -0.39 is 8.24 Å². The summed E-state index contributed by atoms with van der Waals surface area (Å²) in [6.07, 6.45) is 6.99. The van der Waals surface area contributed by atoms with Crippen molar-refractivity contribution in [1.82, 2.24) is 9.13 Å². The summed E-state index contributed by atoms with van der Waals surface area (Å²) >= 11 is 0. The van der Waals surface area contributed by atoms with Crippen LogP contribution in [0.4, 0.5) is 0 Å². The van der Waals surface area contributed by atoms with Gasteiger partial charge in [0.25, 0.3) is 0 Å². The maximum absolute atomic E-state index is 13.7. The Morgan fingerprint density at radius 2 is 1.51 bits per heavy atom. The quantitative estimate of drug-likeness (QED) is 0.243. The second-order valence-electron chi connectivity index (χ2n) is 13.0. The Morgan fingerprint density at radius 1 is 0.971 bits per heavy atom. The van der Waals surface area contributed by atoms with Crippen LogP contribution in [0, 0.1) is 5.41 Å². The van der Waals surface area contributed by atoms with E-state index in [1.807, 2.05) is 0 Å². The molecule has 0 amide bonds. The van der Waals surface area contributed by atoms with Gasteiger partial charge in [0, 0.05) is 27.9 Å². The van der Waals surface area contributed by atoms with Gasteiger partial charge in [0.05, 0.1) is 0 Å². The largest absolute Gasteiger partial charge is 0.373 e. The Hall–Kier alpha value is -1.39. The highest BCUT2D eigenvalue weighted by Crippen LogP contribution is 2.47. The van der Waals surface area contributed by atoms with Crippen molar-refractivity contribution in [2.45, 2.75) is 125 Å². The second kappa shape index (κ2) is 10.5. The zero-order valence-corrected chi connectivity index (χ0v) is 25.6. The lowest BCUT2D eigenvalue weighted by Crippen LogP contribution is -2.51. The summed E-state index contributed by atoms with van der Waals surface area (Å²) in [5, 5.41) is 1.41. The summed E-state index contributed by atoms with van der Waals surface area (Å²) in [5.41, 5.74) is 6.69. The van der Waals surface area contributed by atoms with Crippen molar-refractivity contribution >= 4 is 24.9 Å². The van der Waals surface area contributed by atoms with Crippen LogP contribution < -0.4 is 0 Å². The van der Waals surface area contributed by atoms with Gasteiger partial charge in [-0.25, -0.2) is 0 Å². The van der Waals surface area contributed by atoms with E-state index in [0.29, 0.717) is 22.7 Å². The summed E-state index contributed by atoms with van der Waals surface area (Å²) in [4.78, 5) is 16.4. The Balaban J connectivity index is 2.33. The van der Waals surface area contributed by atoms with Crippen molar-refractivity contribution in [3.8, 4) is 0 Å². The molecule has 1 heterocycles. The third kappa shape index (κ3) is 4.82. The molecule has 3 nitrogen and oxygen atoms in total. The van der Waals surface area contributed by atoms with Crippen LogP contribution in [0.1, 0.15) is 110 Å². The van der Waals surface area contributed by atoms with E-state index in [2.05, 4.69) is 104 Å². The molecule has 0 bridgehead atoms. The zero-order valence-electron chi connectivity index (χ0n) is 24.6. The first-order valence-electron chi connectivity index (χ1n) is 14.3. The van der Waals surface area contributed by atoms with Gasteiger partial charge in [-0.1, -0.05) is 76.2 Å². The lowest BCUT2D eigenvalue weighted by Gasteiger charge is -2.44. The minimum absolute atomic E-state index is 0.284. The molecule has 35 heavy (non-hydrogen) atoms. The molecular formula is C31H52N2OSi. The molecule has 1 aliphatic carbocycles. The molecule has 0 spiro atoms. The van der Waals surface area contributed by atoms with E-state index in [1.54, 1.807) is 0 Å². The molecule has 1 aromatic heterocycles. The van der Waals surface area contributed by atoms with E-state index in [1.165, 1.54) is 34.9 Å². The van der Waals surface area contributed by atoms with Crippen LogP contribution in [0.25, 0.3) is 10.9 Å². The topological polar surface area (TPSA) is 25.2 Å². The molecule has 1 unspecified atom stereocenters. The van der Waals surface area contributed by atoms with Gasteiger partial charge in [-0.15, -0.1) is 0 Å². The number of carbonyl (C=O) groups is 1. The van der Waals surface area contributed by atoms with Gasteiger partial charge in [0.15, 0.2) is 14.0 Å². The first-order chi connectivity index (χ1) is 16.3. The fourth-order valence-corrected chi connectivity index (χ4v) is 14.1. The van der Waals surface area contributed by atoms with Gasteiger partial charge in [-0.3, -0.25) is 9.69 Å². The molecule has 1 aliphatic rings. The Labute approximate surface area is 216 Å². The van der Waals surface area contributed by atoms with Crippen LogP contribution in [-0.2, 0) is 12.8 Å². The maximum atomic E-state index is 13.7. The van der Waals surface area contributed by atoms with Gasteiger partial charge in [-0.05, 0) is 84.9 Å². The van der Waals surface area contributed by atoms with Crippen LogP contribution >= 0.6 is 0 Å². The summed E-state index contributed by atoms with van der Waals surface area (Å²) in [7, 11) is -1.90. The number of hydrogen-bond donors (Lipinski definition) is 0. The number of rotatable bonds is 10. The third-order valence-electron chi connectivity index (χ3n) is 8.71. The zero-order chi connectivity index (χ0) is 26.3. The molecule has 0 N–H and O–H groups in total. The molecule has 3 rings (SSSR count). The highest BCUT2D eigenvalue weighted by atomic mass is 28.3. The monoisotopic (exact) mass is 496 g/mol. The van der Waals surface area contributed by atoms with Crippen molar-refractivity contribution in [2.75, 3.05) is 13.1 Å². The first-order valence-corrected chi connectivity index (χ1v) is 16.4. The van der Waals surface area contributed by atoms with E-state index in [4.69, 9.17) is 0 Å². The van der Waals surface area contributed by atoms with Gasteiger partial charge in [0.1, 0.15) is 0 Å². The number of ketones is 1. The molecule has 0 fully saturated rings. The first kappa shape index (κ1) is 28.2. The SMILES string of the molecule is CCCN(CCC)C1Cc2cn([Si](C(C)C)(C(C)C)C(C)C)c3ccc(C(=O)C(C)(C)C)c(c23)C1. The summed E-state index contributed by atoms with van der Waals surface area (Å²) in [5.74, 6) is 0.284. The molecule has 2 aromatic rings. The molecule has 196 valence electrons. The third-order valence-corrected chi connectivity index (χ3v) is 15.5. The molecule has 4 heteroatoms. The predicted octanol–water partition coefficient (Wildman–Crippen LogP) is 8.48. The van der Waals surface area contributed by atoms with Crippen molar-refractivity contribution < 1.29 is 4.79 Å². The van der Waals surface area contributed by atoms with Crippen molar-refractivity contribution in [2.24, 2.45) is 5.41 Å². The molecule has 1 aromatic carbocycles. The lowest BCUT2D eigenvalue weighted by molar-refractivity contribution is 0.0856. The number of benzene rings is 1. The summed E-state index contributed by atoms with van der Waals surface area (Å²) in [6.45, 7) is 27.7. The number of Topliss-reactive ketones (excluding diaryl/α,β-unsaturated/α-hetero) is 1. The Kier molecular flexibility index (Phi) is 8.48. The minimum atomic E-state index is -1.90. The minimum Gasteiger partial charge on any atom is -0.373 e. The molecule has 0 saturated carbocycles. The summed E-state index contributed by atoms with van der Waals surface area (Å²) in [6, 6.07) is 4.95. The normalized spacial score (nSPS) is 16.9. The molecular weight excluding hydrogens is 444 g/mol. The van der Waals surface area contributed by atoms with Crippen molar-refractivity contribution in [1.29, 1.82) is 0 Å². The molecule has 0 radical (unpaired) electrons. The standard InChI is InChI=1S/C31H52N2OSi/c1-12-16-32(17-13-2)25-18-24-20-33(35(21(3)4,22(5)6)23(7)8)28-15-14-26(27(19-25)29(24)28)30(34)31(9,10)11/h14-15,20-23,25H,12-13,16-19H2,1-11H3. The van der Waals surface area contributed by atoms with Gasteiger partial charge in [0.2, 0.25) is 0 Å². The number of hydrogen-bond acceptors (Lipinski definition) is 2. The van der Waals surface area contributed by atoms with E-state index in [0.717, 1.165) is 31.5 Å². The average molecular weight is 497 g/mol. The summed E-state index contributed by atoms with van der Waals surface area (Å²) < 4.78 is 2.78. The lowest BCUT2D eigenvalue weighted by atomic mass is 9.79. The molecule has 0 aliphatic heterocycles. The average Bonchev–Trinajstić information content (AvgIpc) is 3.12. The van der Waals surface area contributed by atoms with Crippen LogP contribution in [0.5, 0.6) is 0 Å². The van der Waals surface area contributed by atoms with E-state index in [9.17, 15) is 4.79 Å². The van der Waals surface area contributed by atoms with Crippen molar-refractivity contribution in [3.63, 3.8) is 0 Å². The van der Waals surface area contributed by atoms with Crippen LogP contribution in [0.3, 0.4) is 0 Å². The van der Waals surface area contributed by atoms with Gasteiger partial charge in [-0.2, -0.15) is 0 Å². The van der Waals surface area contributed by atoms with Crippen molar-refractivity contribution in [3.05, 3.63) is 35.0 Å². The van der Waals surface area contributed by atoms with Gasteiger partial charge >= 0.3 is 0 Å².